The lowest BCUT2D eigenvalue weighted by Crippen LogP contribution is -2.56. The zero-order valence-corrected chi connectivity index (χ0v) is 24.6. The van der Waals surface area contributed by atoms with E-state index in [0.717, 1.165) is 5.39 Å². The Bertz CT molecular complexity index is 1520. The van der Waals surface area contributed by atoms with Crippen LogP contribution >= 0.6 is 11.6 Å². The van der Waals surface area contributed by atoms with Crippen LogP contribution in [-0.4, -0.2) is 71.3 Å². The third-order valence-electron chi connectivity index (χ3n) is 7.39. The number of sulfonamides is 1. The van der Waals surface area contributed by atoms with Crippen molar-refractivity contribution in [3.05, 3.63) is 48.1 Å². The number of benzene rings is 1. The van der Waals surface area contributed by atoms with Crippen LogP contribution < -0.4 is 14.8 Å². The number of pyridine rings is 1. The first-order valence-electron chi connectivity index (χ1n) is 13.4. The number of halogens is 1. The second kappa shape index (κ2) is 10.5. The van der Waals surface area contributed by atoms with Crippen LogP contribution in [0.15, 0.2) is 43.0 Å². The van der Waals surface area contributed by atoms with Gasteiger partial charge in [0, 0.05) is 17.7 Å². The Hall–Kier alpha value is -3.38. The monoisotopic (exact) mass is 604 g/mol. The van der Waals surface area contributed by atoms with Gasteiger partial charge in [-0.25, -0.2) is 18.2 Å². The SMILES string of the molecule is C=C[C@@H]1C[C@]1(NC(=O)[C@@H]1C[C@@H](Oc2nc(Cl)cc3ccccc23)CN1C(=O)OC(C)(C)C)C(=O)NS(=O)(=O)C1CC1. The summed E-state index contributed by atoms with van der Waals surface area (Å²) in [5.41, 5.74) is -2.31. The van der Waals surface area contributed by atoms with Crippen LogP contribution in [-0.2, 0) is 24.3 Å². The molecule has 3 fully saturated rings. The first-order valence-corrected chi connectivity index (χ1v) is 15.4. The largest absolute Gasteiger partial charge is 0.472 e. The van der Waals surface area contributed by atoms with Gasteiger partial charge in [0.1, 0.15) is 28.4 Å². The van der Waals surface area contributed by atoms with E-state index in [1.54, 1.807) is 26.8 Å². The van der Waals surface area contributed by atoms with Crippen LogP contribution in [0.2, 0.25) is 5.15 Å². The van der Waals surface area contributed by atoms with E-state index in [9.17, 15) is 22.8 Å². The van der Waals surface area contributed by atoms with Gasteiger partial charge in [0.05, 0.1) is 11.8 Å². The average molecular weight is 605 g/mol. The van der Waals surface area contributed by atoms with Crippen molar-refractivity contribution in [2.75, 3.05) is 6.54 Å². The first-order chi connectivity index (χ1) is 19.2. The molecular formula is C28H33ClN4O7S. The number of likely N-dealkylation sites (tertiary alicyclic amines) is 1. The molecule has 2 aromatic rings. The van der Waals surface area contributed by atoms with Crippen molar-refractivity contribution in [2.24, 2.45) is 5.92 Å². The van der Waals surface area contributed by atoms with E-state index in [1.807, 2.05) is 24.3 Å². The molecule has 1 aromatic heterocycles. The summed E-state index contributed by atoms with van der Waals surface area (Å²) in [6, 6.07) is 8.05. The normalized spacial score (nSPS) is 25.9. The van der Waals surface area contributed by atoms with Crippen molar-refractivity contribution in [1.82, 2.24) is 19.9 Å². The lowest BCUT2D eigenvalue weighted by atomic mass is 10.1. The number of nitrogens with one attached hydrogen (secondary N) is 2. The Morgan fingerprint density at radius 2 is 1.93 bits per heavy atom. The van der Waals surface area contributed by atoms with Gasteiger partial charge in [-0.3, -0.25) is 19.2 Å². The second-order valence-corrected chi connectivity index (χ2v) is 14.1. The highest BCUT2D eigenvalue weighted by Crippen LogP contribution is 2.45. The molecule has 1 aliphatic heterocycles. The standard InChI is InChI=1S/C28H33ClN4O7S/c1-5-17-14-28(17,25(35)32-41(37,38)19-10-11-19)31-23(34)21-13-18(15-33(21)26(36)40-27(2,3)4)39-24-20-9-7-6-8-16(20)12-22(29)30-24/h5-9,12,17-19,21H,1,10-11,13-15H2,2-4H3,(H,31,34)(H,32,35)/t17-,18-,21+,28-/m1/s1. The molecule has 2 aliphatic carbocycles. The zero-order chi connectivity index (χ0) is 29.7. The highest BCUT2D eigenvalue weighted by atomic mass is 35.5. The average Bonchev–Trinajstić information content (AvgIpc) is 3.80. The number of ether oxygens (including phenoxy) is 2. The number of hydrogen-bond acceptors (Lipinski definition) is 8. The van der Waals surface area contributed by atoms with Crippen molar-refractivity contribution in [1.29, 1.82) is 0 Å². The van der Waals surface area contributed by atoms with E-state index in [0.29, 0.717) is 18.2 Å². The summed E-state index contributed by atoms with van der Waals surface area (Å²) in [6.45, 7) is 8.87. The number of rotatable bonds is 8. The second-order valence-electron chi connectivity index (χ2n) is 11.8. The predicted octanol–water partition coefficient (Wildman–Crippen LogP) is 3.31. The number of carbonyl (C=O) groups is 3. The highest BCUT2D eigenvalue weighted by molar-refractivity contribution is 7.91. The molecule has 2 N–H and O–H groups in total. The topological polar surface area (TPSA) is 144 Å². The molecule has 4 atom stereocenters. The lowest BCUT2D eigenvalue weighted by Gasteiger charge is -2.29. The van der Waals surface area contributed by atoms with Crippen LogP contribution in [0.3, 0.4) is 0 Å². The maximum atomic E-state index is 13.7. The Balaban J connectivity index is 1.38. The first kappa shape index (κ1) is 29.1. The maximum absolute atomic E-state index is 13.7. The van der Waals surface area contributed by atoms with Crippen LogP contribution in [0.4, 0.5) is 4.79 Å². The van der Waals surface area contributed by atoms with Gasteiger partial charge in [-0.05, 0) is 57.6 Å². The minimum atomic E-state index is -3.83. The summed E-state index contributed by atoms with van der Waals surface area (Å²) in [5.74, 6) is -1.65. The summed E-state index contributed by atoms with van der Waals surface area (Å²) in [5, 5.41) is 3.89. The highest BCUT2D eigenvalue weighted by Gasteiger charge is 2.62. The molecule has 2 saturated carbocycles. The van der Waals surface area contributed by atoms with Crippen molar-refractivity contribution >= 4 is 50.3 Å². The zero-order valence-electron chi connectivity index (χ0n) is 23.1. The number of hydrogen-bond donors (Lipinski definition) is 2. The minimum Gasteiger partial charge on any atom is -0.472 e. The molecule has 0 spiro atoms. The molecule has 41 heavy (non-hydrogen) atoms. The Kier molecular flexibility index (Phi) is 7.44. The van der Waals surface area contributed by atoms with Crippen molar-refractivity contribution < 1.29 is 32.3 Å². The molecule has 2 heterocycles. The summed E-state index contributed by atoms with van der Waals surface area (Å²) in [6.07, 6.45) is 1.36. The van der Waals surface area contributed by atoms with Gasteiger partial charge in [0.15, 0.2) is 0 Å². The molecule has 1 saturated heterocycles. The molecule has 1 aromatic carbocycles. The fourth-order valence-electron chi connectivity index (χ4n) is 5.06. The van der Waals surface area contributed by atoms with E-state index in [4.69, 9.17) is 21.1 Å². The summed E-state index contributed by atoms with van der Waals surface area (Å²) >= 11 is 6.22. The molecule has 0 unspecified atom stereocenters. The van der Waals surface area contributed by atoms with E-state index in [2.05, 4.69) is 21.6 Å². The third kappa shape index (κ3) is 6.13. The quantitative estimate of drug-likeness (QED) is 0.345. The lowest BCUT2D eigenvalue weighted by molar-refractivity contribution is -0.131. The van der Waals surface area contributed by atoms with Gasteiger partial charge < -0.3 is 14.8 Å². The molecule has 11 nitrogen and oxygen atoms in total. The van der Waals surface area contributed by atoms with Crippen LogP contribution in [0.1, 0.15) is 46.5 Å². The smallest absolute Gasteiger partial charge is 0.411 e. The van der Waals surface area contributed by atoms with Crippen LogP contribution in [0.5, 0.6) is 5.88 Å². The van der Waals surface area contributed by atoms with E-state index >= 15 is 0 Å². The van der Waals surface area contributed by atoms with Gasteiger partial charge in [0.25, 0.3) is 5.91 Å². The number of amides is 3. The Labute approximate surface area is 243 Å². The molecule has 5 rings (SSSR count). The summed E-state index contributed by atoms with van der Waals surface area (Å²) in [7, 11) is -3.83. The summed E-state index contributed by atoms with van der Waals surface area (Å²) in [4.78, 5) is 45.6. The Morgan fingerprint density at radius 1 is 1.22 bits per heavy atom. The van der Waals surface area contributed by atoms with E-state index in [1.165, 1.54) is 11.0 Å². The molecule has 220 valence electrons. The van der Waals surface area contributed by atoms with Crippen molar-refractivity contribution in [2.45, 2.75) is 75.0 Å². The van der Waals surface area contributed by atoms with Gasteiger partial charge in [-0.1, -0.05) is 35.9 Å². The van der Waals surface area contributed by atoms with Gasteiger partial charge in [0.2, 0.25) is 21.8 Å². The van der Waals surface area contributed by atoms with Crippen LogP contribution in [0.25, 0.3) is 10.8 Å². The fourth-order valence-corrected chi connectivity index (χ4v) is 6.61. The van der Waals surface area contributed by atoms with Gasteiger partial charge in [-0.2, -0.15) is 0 Å². The maximum Gasteiger partial charge on any atom is 0.411 e. The number of aromatic nitrogens is 1. The van der Waals surface area contributed by atoms with E-state index < -0.39 is 62.4 Å². The fraction of sp³-hybridized carbons (Fsp3) is 0.500. The molecule has 3 aliphatic rings. The predicted molar refractivity (Wildman–Crippen MR) is 152 cm³/mol. The molecule has 0 radical (unpaired) electrons. The number of carbonyl (C=O) groups excluding carboxylic acids is 3. The Morgan fingerprint density at radius 3 is 2.56 bits per heavy atom. The summed E-state index contributed by atoms with van der Waals surface area (Å²) < 4.78 is 38.8. The van der Waals surface area contributed by atoms with E-state index in [-0.39, 0.29) is 30.4 Å². The molecule has 3 amide bonds. The number of fused-ring (bicyclic) bond motifs is 1. The minimum absolute atomic E-state index is 0.00959. The number of nitrogens with zero attached hydrogens (tertiary/aromatic N) is 2. The molecular weight excluding hydrogens is 572 g/mol. The van der Waals surface area contributed by atoms with Crippen molar-refractivity contribution in [3.63, 3.8) is 0 Å². The molecule has 13 heteroatoms. The van der Waals surface area contributed by atoms with Crippen LogP contribution in [0, 0.1) is 5.92 Å². The van der Waals surface area contributed by atoms with Gasteiger partial charge in [-0.15, -0.1) is 6.58 Å². The third-order valence-corrected chi connectivity index (χ3v) is 9.41. The van der Waals surface area contributed by atoms with Crippen molar-refractivity contribution in [3.8, 4) is 5.88 Å². The molecule has 0 bridgehead atoms. The van der Waals surface area contributed by atoms with Gasteiger partial charge >= 0.3 is 6.09 Å².